The van der Waals surface area contributed by atoms with Gasteiger partial charge in [-0.05, 0) is 24.6 Å². The van der Waals surface area contributed by atoms with Crippen LogP contribution in [0.25, 0.3) is 0 Å². The molecule has 0 aliphatic carbocycles. The van der Waals surface area contributed by atoms with Crippen molar-refractivity contribution in [2.75, 3.05) is 17.6 Å². The van der Waals surface area contributed by atoms with Crippen molar-refractivity contribution in [3.05, 3.63) is 41.3 Å². The summed E-state index contributed by atoms with van der Waals surface area (Å²) in [5.74, 6) is -0.195. The van der Waals surface area contributed by atoms with E-state index in [2.05, 4.69) is 20.6 Å². The van der Waals surface area contributed by atoms with Gasteiger partial charge < -0.3 is 16.4 Å². The third-order valence-corrected chi connectivity index (χ3v) is 2.99. The van der Waals surface area contributed by atoms with Crippen molar-refractivity contribution in [2.45, 2.75) is 6.42 Å². The molecule has 4 N–H and O–H groups in total. The van der Waals surface area contributed by atoms with Crippen molar-refractivity contribution < 1.29 is 9.18 Å². The van der Waals surface area contributed by atoms with Gasteiger partial charge in [0.15, 0.2) is 0 Å². The number of rotatable bonds is 2. The Kier molecular flexibility index (Phi) is 2.94. The van der Waals surface area contributed by atoms with Gasteiger partial charge in [0.1, 0.15) is 17.3 Å². The van der Waals surface area contributed by atoms with Crippen LogP contribution in [0.2, 0.25) is 0 Å². The molecule has 0 saturated heterocycles. The Hall–Kier alpha value is -2.70. The normalized spacial score (nSPS) is 13.6. The Morgan fingerprint density at radius 3 is 3.00 bits per heavy atom. The number of hydrogen-bond acceptors (Lipinski definition) is 5. The number of fused-ring (bicyclic) bond motifs is 1. The fourth-order valence-electron chi connectivity index (χ4n) is 2.12. The lowest BCUT2D eigenvalue weighted by atomic mass is 10.1. The lowest BCUT2D eigenvalue weighted by molar-refractivity contribution is 0.0940. The first kappa shape index (κ1) is 12.3. The molecule has 20 heavy (non-hydrogen) atoms. The van der Waals surface area contributed by atoms with Gasteiger partial charge in [-0.25, -0.2) is 9.37 Å². The number of anilines is 3. The van der Waals surface area contributed by atoms with Crippen LogP contribution in [-0.4, -0.2) is 22.4 Å². The molecule has 0 fully saturated rings. The maximum absolute atomic E-state index is 13.2. The fourth-order valence-corrected chi connectivity index (χ4v) is 2.12. The maximum Gasteiger partial charge on any atom is 0.270 e. The average Bonchev–Trinajstić information content (AvgIpc) is 2.40. The first-order valence-electron chi connectivity index (χ1n) is 6.10. The molecule has 2 aromatic rings. The number of benzene rings is 1. The lowest BCUT2D eigenvalue weighted by Crippen LogP contribution is -2.34. The summed E-state index contributed by atoms with van der Waals surface area (Å²) in [6.45, 7) is 0.511. The summed E-state index contributed by atoms with van der Waals surface area (Å²) in [5, 5.41) is 5.68. The molecule has 3 rings (SSSR count). The minimum Gasteiger partial charge on any atom is -0.368 e. The minimum absolute atomic E-state index is 0.000275. The molecule has 0 radical (unpaired) electrons. The number of aromatic nitrogens is 2. The first-order valence-corrected chi connectivity index (χ1v) is 6.10. The second-order valence-corrected chi connectivity index (χ2v) is 4.40. The van der Waals surface area contributed by atoms with Crippen LogP contribution in [0.4, 0.5) is 21.8 Å². The van der Waals surface area contributed by atoms with E-state index in [1.807, 2.05) is 0 Å². The van der Waals surface area contributed by atoms with E-state index in [9.17, 15) is 9.18 Å². The molecule has 1 aromatic heterocycles. The lowest BCUT2D eigenvalue weighted by Gasteiger charge is -2.19. The molecule has 0 unspecified atom stereocenters. The van der Waals surface area contributed by atoms with E-state index in [4.69, 9.17) is 5.73 Å². The monoisotopic (exact) mass is 273 g/mol. The summed E-state index contributed by atoms with van der Waals surface area (Å²) in [4.78, 5) is 19.8. The molecule has 0 saturated carbocycles. The van der Waals surface area contributed by atoms with E-state index in [1.54, 1.807) is 12.1 Å². The molecule has 1 aliphatic rings. The second-order valence-electron chi connectivity index (χ2n) is 4.40. The largest absolute Gasteiger partial charge is 0.368 e. The van der Waals surface area contributed by atoms with Gasteiger partial charge in [-0.1, -0.05) is 6.07 Å². The van der Waals surface area contributed by atoms with Gasteiger partial charge in [-0.15, -0.1) is 0 Å². The number of carbonyl (C=O) groups is 1. The number of halogens is 1. The molecule has 1 aromatic carbocycles. The van der Waals surface area contributed by atoms with E-state index < -0.39 is 0 Å². The summed E-state index contributed by atoms with van der Waals surface area (Å²) in [5.41, 5.74) is 7.10. The van der Waals surface area contributed by atoms with Gasteiger partial charge in [0.25, 0.3) is 5.91 Å². The highest BCUT2D eigenvalue weighted by Crippen LogP contribution is 2.24. The van der Waals surface area contributed by atoms with E-state index >= 15 is 0 Å². The summed E-state index contributed by atoms with van der Waals surface area (Å²) < 4.78 is 13.2. The van der Waals surface area contributed by atoms with E-state index in [1.165, 1.54) is 12.1 Å². The third-order valence-electron chi connectivity index (χ3n) is 2.99. The molecule has 0 spiro atoms. The number of nitrogens with one attached hydrogen (secondary N) is 2. The molecule has 1 amide bonds. The SMILES string of the molecule is Nc1nc(Nc2cccc(F)c2)c2c(n1)C(=O)NCC2. The van der Waals surface area contributed by atoms with Crippen molar-refractivity contribution in [1.82, 2.24) is 15.3 Å². The van der Waals surface area contributed by atoms with Gasteiger partial charge in [-0.2, -0.15) is 4.98 Å². The van der Waals surface area contributed by atoms with Gasteiger partial charge in [0.2, 0.25) is 5.95 Å². The van der Waals surface area contributed by atoms with Gasteiger partial charge in [0, 0.05) is 17.8 Å². The molecule has 0 bridgehead atoms. The van der Waals surface area contributed by atoms with Crippen molar-refractivity contribution >= 4 is 23.4 Å². The highest BCUT2D eigenvalue weighted by molar-refractivity contribution is 5.96. The van der Waals surface area contributed by atoms with Crippen LogP contribution in [0.5, 0.6) is 0 Å². The van der Waals surface area contributed by atoms with Crippen LogP contribution >= 0.6 is 0 Å². The molecule has 6 nitrogen and oxygen atoms in total. The number of amides is 1. The smallest absolute Gasteiger partial charge is 0.270 e. The zero-order valence-electron chi connectivity index (χ0n) is 10.5. The highest BCUT2D eigenvalue weighted by Gasteiger charge is 2.23. The molecule has 102 valence electrons. The summed E-state index contributed by atoms with van der Waals surface area (Å²) in [7, 11) is 0. The van der Waals surface area contributed by atoms with E-state index in [0.29, 0.717) is 30.0 Å². The fraction of sp³-hybridized carbons (Fsp3) is 0.154. The third kappa shape index (κ3) is 2.25. The van der Waals surface area contributed by atoms with Crippen molar-refractivity contribution in [1.29, 1.82) is 0 Å². The number of nitrogens with two attached hydrogens (primary N) is 1. The molecule has 0 atom stereocenters. The Morgan fingerprint density at radius 1 is 1.35 bits per heavy atom. The minimum atomic E-state index is -0.358. The predicted octanol–water partition coefficient (Wildman–Crippen LogP) is 1.23. The van der Waals surface area contributed by atoms with Gasteiger partial charge in [-0.3, -0.25) is 4.79 Å². The van der Waals surface area contributed by atoms with Gasteiger partial charge in [0.05, 0.1) is 0 Å². The van der Waals surface area contributed by atoms with Crippen LogP contribution in [0.1, 0.15) is 16.1 Å². The van der Waals surface area contributed by atoms with Crippen molar-refractivity contribution in [3.8, 4) is 0 Å². The molecule has 7 heteroatoms. The summed E-state index contributed by atoms with van der Waals surface area (Å²) in [6.07, 6.45) is 0.596. The molecule has 1 aliphatic heterocycles. The van der Waals surface area contributed by atoms with E-state index in [-0.39, 0.29) is 23.4 Å². The zero-order valence-corrected chi connectivity index (χ0v) is 10.5. The predicted molar refractivity (Wildman–Crippen MR) is 72.2 cm³/mol. The number of nitrogens with zero attached hydrogens (tertiary/aromatic N) is 2. The Bertz CT molecular complexity index is 688. The van der Waals surface area contributed by atoms with Crippen LogP contribution < -0.4 is 16.4 Å². The zero-order chi connectivity index (χ0) is 14.1. The van der Waals surface area contributed by atoms with Gasteiger partial charge >= 0.3 is 0 Å². The standard InChI is InChI=1S/C13H12FN5O/c14-7-2-1-3-8(6-7)17-11-9-4-5-16-12(20)10(9)18-13(15)19-11/h1-3,6H,4-5H2,(H,16,20)(H3,15,17,18,19). The average molecular weight is 273 g/mol. The summed E-state index contributed by atoms with van der Waals surface area (Å²) in [6, 6.07) is 5.98. The van der Waals surface area contributed by atoms with Crippen molar-refractivity contribution in [2.24, 2.45) is 0 Å². The topological polar surface area (TPSA) is 92.9 Å². The van der Waals surface area contributed by atoms with Crippen LogP contribution in [-0.2, 0) is 6.42 Å². The second kappa shape index (κ2) is 4.76. The first-order chi connectivity index (χ1) is 9.63. The van der Waals surface area contributed by atoms with Crippen LogP contribution in [0.3, 0.4) is 0 Å². The number of nitrogen functional groups attached to an aromatic ring is 1. The van der Waals surface area contributed by atoms with Crippen LogP contribution in [0.15, 0.2) is 24.3 Å². The Morgan fingerprint density at radius 2 is 2.20 bits per heavy atom. The highest BCUT2D eigenvalue weighted by atomic mass is 19.1. The maximum atomic E-state index is 13.2. The molecule has 2 heterocycles. The van der Waals surface area contributed by atoms with Crippen LogP contribution in [0, 0.1) is 5.82 Å². The Balaban J connectivity index is 2.03. The summed E-state index contributed by atoms with van der Waals surface area (Å²) >= 11 is 0. The molecular weight excluding hydrogens is 261 g/mol. The number of hydrogen-bond donors (Lipinski definition) is 3. The van der Waals surface area contributed by atoms with Crippen molar-refractivity contribution in [3.63, 3.8) is 0 Å². The van der Waals surface area contributed by atoms with E-state index in [0.717, 1.165) is 0 Å². The molecular formula is C13H12FN5O. The Labute approximate surface area is 114 Å². The quantitative estimate of drug-likeness (QED) is 0.765. The number of carbonyl (C=O) groups excluding carboxylic acids is 1.